The van der Waals surface area contributed by atoms with E-state index in [-0.39, 0.29) is 36.9 Å². The van der Waals surface area contributed by atoms with Gasteiger partial charge in [-0.05, 0) is 34.5 Å². The van der Waals surface area contributed by atoms with Crippen LogP contribution in [0.15, 0.2) is 0 Å². The predicted molar refractivity (Wildman–Crippen MR) is 57.7 cm³/mol. The van der Waals surface area contributed by atoms with Crippen molar-refractivity contribution < 1.29 is 59.0 Å². The second-order valence-electron chi connectivity index (χ2n) is 1.92. The van der Waals surface area contributed by atoms with Crippen LogP contribution in [0.4, 0.5) is 0 Å². The van der Waals surface area contributed by atoms with Gasteiger partial charge in [0.15, 0.2) is 0 Å². The Hall–Kier alpha value is 0.579. The topological polar surface area (TPSA) is 148 Å². The fourth-order valence-corrected chi connectivity index (χ4v) is 0.949. The number of hydrogen-bond donors (Lipinski definition) is 0. The number of rotatable bonds is 6. The Labute approximate surface area is 125 Å². The molecule has 0 heterocycles. The zero-order valence-corrected chi connectivity index (χ0v) is 14.3. The van der Waals surface area contributed by atoms with Gasteiger partial charge in [0.2, 0.25) is 0 Å². The Morgan fingerprint density at radius 3 is 0.842 bits per heavy atom. The van der Waals surface area contributed by atoms with E-state index in [0.717, 1.165) is 0 Å². The van der Waals surface area contributed by atoms with Crippen molar-refractivity contribution in [3.8, 4) is 0 Å². The fraction of sp³-hybridized carbons (Fsp3) is 1.00. The molecule has 0 N–H and O–H groups in total. The Morgan fingerprint density at radius 2 is 0.842 bits per heavy atom. The Morgan fingerprint density at radius 1 is 0.684 bits per heavy atom. The third-order valence-electron chi connectivity index (χ3n) is 0.704. The molecule has 0 rings (SSSR count). The van der Waals surface area contributed by atoms with Gasteiger partial charge in [0.1, 0.15) is 0 Å². The molecule has 1 radical (unpaired) electrons. The van der Waals surface area contributed by atoms with Gasteiger partial charge >= 0.3 is 41.8 Å². The van der Waals surface area contributed by atoms with Gasteiger partial charge in [-0.3, -0.25) is 0 Å². The van der Waals surface area contributed by atoms with E-state index in [9.17, 15) is 28.4 Å². The summed E-state index contributed by atoms with van der Waals surface area (Å²) in [6.07, 6.45) is 0. The van der Waals surface area contributed by atoms with Crippen molar-refractivity contribution in [3.05, 3.63) is 0 Å². The van der Waals surface area contributed by atoms with Crippen molar-refractivity contribution in [3.63, 3.8) is 0 Å². The molecule has 0 saturated carbocycles. The molecule has 19 heavy (non-hydrogen) atoms. The monoisotopic (exact) mass is 380 g/mol. The van der Waals surface area contributed by atoms with E-state index in [1.807, 2.05) is 0 Å². The van der Waals surface area contributed by atoms with Gasteiger partial charge in [0.25, 0.3) is 0 Å². The molecule has 3 unspecified atom stereocenters. The van der Waals surface area contributed by atoms with E-state index in [2.05, 4.69) is 13.6 Å². The zero-order chi connectivity index (χ0) is 15.0. The normalized spacial score (nSPS) is 10.7. The standard InChI is InChI=1S/3C2H5O3P.Fe/c3*1-2-5-6(3)4;/h3*2H2,1H3;/q;;;+3. The molecule has 0 aliphatic rings. The molecule has 9 nitrogen and oxygen atoms in total. The first-order chi connectivity index (χ1) is 8.31. The molecule has 113 valence electrons. The maximum Gasteiger partial charge on any atom is 3.00 e. The molecule has 0 aromatic rings. The van der Waals surface area contributed by atoms with Crippen LogP contribution in [0.1, 0.15) is 20.8 Å². The maximum atomic E-state index is 9.41. The van der Waals surface area contributed by atoms with E-state index < -0.39 is 24.8 Å². The van der Waals surface area contributed by atoms with Crippen molar-refractivity contribution in [2.24, 2.45) is 0 Å². The van der Waals surface area contributed by atoms with E-state index >= 15 is 0 Å². The molecule has 0 fully saturated rings. The van der Waals surface area contributed by atoms with Crippen LogP contribution in [0.2, 0.25) is 0 Å². The molecule has 0 aromatic heterocycles. The molecular weight excluding hydrogens is 365 g/mol. The first-order valence-corrected chi connectivity index (χ1v) is 7.92. The van der Waals surface area contributed by atoms with Gasteiger partial charge in [0, 0.05) is 0 Å². The van der Waals surface area contributed by atoms with E-state index in [4.69, 9.17) is 0 Å². The van der Waals surface area contributed by atoms with Crippen LogP contribution in [0.25, 0.3) is 0 Å². The summed E-state index contributed by atoms with van der Waals surface area (Å²) in [5, 5.41) is 0. The quantitative estimate of drug-likeness (QED) is 0.463. The largest absolute Gasteiger partial charge is 3.00 e. The molecular formula is C6H15FeO9P3+3. The smallest absolute Gasteiger partial charge is 0.566 e. The summed E-state index contributed by atoms with van der Waals surface area (Å²) in [6.45, 7) is 5.55. The Balaban J connectivity index is -0.0000000865. The zero-order valence-electron chi connectivity index (χ0n) is 10.5. The summed E-state index contributed by atoms with van der Waals surface area (Å²) in [6, 6.07) is 0. The second-order valence-corrected chi connectivity index (χ2v) is 4.04. The summed E-state index contributed by atoms with van der Waals surface area (Å²) in [5.41, 5.74) is 0. The van der Waals surface area contributed by atoms with Crippen LogP contribution >= 0.6 is 24.8 Å². The Kier molecular flexibility index (Phi) is 34.7. The van der Waals surface area contributed by atoms with Crippen molar-refractivity contribution in [2.75, 3.05) is 19.8 Å². The van der Waals surface area contributed by atoms with Gasteiger partial charge in [-0.1, -0.05) is 0 Å². The third-order valence-corrected chi connectivity index (χ3v) is 2.11. The summed E-state index contributed by atoms with van der Waals surface area (Å²) in [5.74, 6) is 0. The van der Waals surface area contributed by atoms with Crippen LogP contribution in [-0.4, -0.2) is 19.8 Å². The molecule has 13 heteroatoms. The minimum atomic E-state index is -2.60. The van der Waals surface area contributed by atoms with Crippen LogP contribution in [0.5, 0.6) is 0 Å². The second kappa shape index (κ2) is 23.7. The van der Waals surface area contributed by atoms with Gasteiger partial charge in [-0.15, -0.1) is 13.6 Å². The minimum Gasteiger partial charge on any atom is -0.566 e. The van der Waals surface area contributed by atoms with Gasteiger partial charge in [-0.2, -0.15) is 0 Å². The molecule has 0 amide bonds. The molecule has 0 spiro atoms. The van der Waals surface area contributed by atoms with E-state index in [1.165, 1.54) is 0 Å². The summed E-state index contributed by atoms with van der Waals surface area (Å²) in [4.78, 5) is 28.2. The van der Waals surface area contributed by atoms with Crippen LogP contribution < -0.4 is 14.7 Å². The molecule has 0 aromatic carbocycles. The SMILES string of the molecule is CCO[P+](=O)[O-].CCO[P+](=O)[O-].CCO[P+](=O)[O-].[Fe+3]. The van der Waals surface area contributed by atoms with E-state index in [0.29, 0.717) is 0 Å². The summed E-state index contributed by atoms with van der Waals surface area (Å²) < 4.78 is 40.2. The van der Waals surface area contributed by atoms with Crippen LogP contribution in [-0.2, 0) is 44.3 Å². The molecule has 0 saturated heterocycles. The third kappa shape index (κ3) is 55.7. The molecule has 3 atom stereocenters. The van der Waals surface area contributed by atoms with Gasteiger partial charge in [-0.25, -0.2) is 0 Å². The van der Waals surface area contributed by atoms with Gasteiger partial charge in [0.05, 0.1) is 19.8 Å². The Bertz CT molecular complexity index is 202. The van der Waals surface area contributed by atoms with Crippen molar-refractivity contribution in [1.82, 2.24) is 0 Å². The first-order valence-electron chi connectivity index (χ1n) is 4.63. The number of hydrogen-bond acceptors (Lipinski definition) is 9. The van der Waals surface area contributed by atoms with Gasteiger partial charge < -0.3 is 14.7 Å². The maximum absolute atomic E-state index is 9.41. The average Bonchev–Trinajstić information content (AvgIpc) is 2.18. The minimum absolute atomic E-state index is 0. The first kappa shape index (κ1) is 27.8. The van der Waals surface area contributed by atoms with Crippen molar-refractivity contribution in [2.45, 2.75) is 20.8 Å². The predicted octanol–water partition coefficient (Wildman–Crippen LogP) is 0.119. The van der Waals surface area contributed by atoms with Crippen molar-refractivity contribution in [1.29, 1.82) is 0 Å². The fourth-order valence-electron chi connectivity index (χ4n) is 0.316. The molecule has 0 aliphatic heterocycles. The molecule has 0 bridgehead atoms. The van der Waals surface area contributed by atoms with Crippen LogP contribution in [0, 0.1) is 0 Å². The van der Waals surface area contributed by atoms with E-state index in [1.54, 1.807) is 20.8 Å². The van der Waals surface area contributed by atoms with Crippen molar-refractivity contribution >= 4 is 24.8 Å². The molecule has 0 aliphatic carbocycles. The average molecular weight is 380 g/mol. The summed E-state index contributed by atoms with van der Waals surface area (Å²) >= 11 is 0. The summed E-state index contributed by atoms with van der Waals surface area (Å²) in [7, 11) is -7.80. The van der Waals surface area contributed by atoms with Crippen LogP contribution in [0.3, 0.4) is 0 Å².